The summed E-state index contributed by atoms with van der Waals surface area (Å²) in [5.41, 5.74) is 1.25. The van der Waals surface area contributed by atoms with Crippen molar-refractivity contribution in [2.45, 2.75) is 45.9 Å². The van der Waals surface area contributed by atoms with E-state index in [2.05, 4.69) is 36.4 Å². The average molecular weight is 419 g/mol. The Labute approximate surface area is 149 Å². The Kier molecular flexibility index (Phi) is 5.76. The number of aliphatic imine (C=N–C) groups is 1. The van der Waals surface area contributed by atoms with Crippen molar-refractivity contribution in [1.82, 2.24) is 10.6 Å². The highest BCUT2D eigenvalue weighted by atomic mass is 127. The Hall–Kier alpha value is -0.760. The number of guanidine groups is 1. The van der Waals surface area contributed by atoms with Crippen LogP contribution in [0.25, 0.3) is 0 Å². The minimum atomic E-state index is 0. The van der Waals surface area contributed by atoms with Crippen LogP contribution in [0.2, 0.25) is 0 Å². The van der Waals surface area contributed by atoms with Crippen molar-refractivity contribution < 1.29 is 9.15 Å². The first-order chi connectivity index (χ1) is 10.1. The Bertz CT molecular complexity index is 501. The molecule has 3 unspecified atom stereocenters. The molecule has 3 atom stereocenters. The van der Waals surface area contributed by atoms with Gasteiger partial charge in [-0.05, 0) is 19.4 Å². The lowest BCUT2D eigenvalue weighted by Crippen LogP contribution is -2.67. The summed E-state index contributed by atoms with van der Waals surface area (Å²) >= 11 is 0. The van der Waals surface area contributed by atoms with Crippen molar-refractivity contribution in [2.24, 2.45) is 16.3 Å². The van der Waals surface area contributed by atoms with Gasteiger partial charge in [-0.2, -0.15) is 0 Å². The van der Waals surface area contributed by atoms with Crippen LogP contribution in [0.15, 0.2) is 28.0 Å². The minimum Gasteiger partial charge on any atom is -0.472 e. The summed E-state index contributed by atoms with van der Waals surface area (Å²) in [5.74, 6) is 1.49. The first kappa shape index (κ1) is 17.6. The van der Waals surface area contributed by atoms with Gasteiger partial charge < -0.3 is 19.8 Å². The summed E-state index contributed by atoms with van der Waals surface area (Å²) in [7, 11) is 0. The van der Waals surface area contributed by atoms with E-state index in [1.807, 2.05) is 6.07 Å². The quantitative estimate of drug-likeness (QED) is 0.448. The van der Waals surface area contributed by atoms with E-state index in [1.165, 1.54) is 0 Å². The van der Waals surface area contributed by atoms with Crippen molar-refractivity contribution in [3.63, 3.8) is 0 Å². The second-order valence-corrected chi connectivity index (χ2v) is 6.51. The van der Waals surface area contributed by atoms with Crippen LogP contribution in [-0.4, -0.2) is 31.3 Å². The normalized spacial score (nSPS) is 29.2. The number of fused-ring (bicyclic) bond motifs is 1. The van der Waals surface area contributed by atoms with Gasteiger partial charge in [0.1, 0.15) is 0 Å². The van der Waals surface area contributed by atoms with E-state index in [9.17, 15) is 0 Å². The van der Waals surface area contributed by atoms with E-state index >= 15 is 0 Å². The van der Waals surface area contributed by atoms with Gasteiger partial charge in [-0.3, -0.25) is 0 Å². The molecule has 0 spiro atoms. The number of nitrogens with one attached hydrogen (secondary N) is 2. The smallest absolute Gasteiger partial charge is 0.191 e. The minimum absolute atomic E-state index is 0. The highest BCUT2D eigenvalue weighted by molar-refractivity contribution is 14.0. The number of ether oxygens (including phenoxy) is 1. The lowest BCUT2D eigenvalue weighted by molar-refractivity contribution is -0.106. The maximum Gasteiger partial charge on any atom is 0.191 e. The first-order valence-corrected chi connectivity index (χ1v) is 7.80. The molecule has 124 valence electrons. The summed E-state index contributed by atoms with van der Waals surface area (Å²) in [5, 5.41) is 6.94. The molecule has 2 N–H and O–H groups in total. The molecule has 1 aliphatic heterocycles. The van der Waals surface area contributed by atoms with E-state index < -0.39 is 0 Å². The second-order valence-electron chi connectivity index (χ2n) is 6.51. The molecule has 0 bridgehead atoms. The maximum absolute atomic E-state index is 5.85. The molecule has 1 aliphatic carbocycles. The zero-order chi connectivity index (χ0) is 14.9. The largest absolute Gasteiger partial charge is 0.472 e. The van der Waals surface area contributed by atoms with Crippen LogP contribution in [0.1, 0.15) is 32.8 Å². The van der Waals surface area contributed by atoms with Gasteiger partial charge in [-0.15, -0.1) is 24.0 Å². The van der Waals surface area contributed by atoms with E-state index in [0.717, 1.165) is 31.1 Å². The molecular formula is C16H26IN3O2. The fourth-order valence-electron chi connectivity index (χ4n) is 3.64. The summed E-state index contributed by atoms with van der Waals surface area (Å²) in [6.07, 6.45) is 4.96. The topological polar surface area (TPSA) is 58.8 Å². The van der Waals surface area contributed by atoms with Gasteiger partial charge in [0, 0.05) is 36.1 Å². The molecular weight excluding hydrogens is 393 g/mol. The van der Waals surface area contributed by atoms with Crippen LogP contribution in [-0.2, 0) is 11.3 Å². The van der Waals surface area contributed by atoms with Crippen LogP contribution < -0.4 is 10.6 Å². The molecule has 0 amide bonds. The molecule has 1 saturated heterocycles. The van der Waals surface area contributed by atoms with E-state index in [-0.39, 0.29) is 29.4 Å². The fourth-order valence-corrected chi connectivity index (χ4v) is 3.64. The summed E-state index contributed by atoms with van der Waals surface area (Å²) in [6, 6.07) is 2.37. The molecule has 5 nitrogen and oxygen atoms in total. The van der Waals surface area contributed by atoms with Gasteiger partial charge in [0.25, 0.3) is 0 Å². The van der Waals surface area contributed by atoms with E-state index in [4.69, 9.17) is 9.15 Å². The molecule has 0 aromatic carbocycles. The van der Waals surface area contributed by atoms with E-state index in [1.54, 1.807) is 12.5 Å². The number of hydrogen-bond donors (Lipinski definition) is 2. The molecule has 2 heterocycles. The fraction of sp³-hybridized carbons (Fsp3) is 0.688. The van der Waals surface area contributed by atoms with Crippen LogP contribution in [0.4, 0.5) is 0 Å². The Morgan fingerprint density at radius 1 is 1.45 bits per heavy atom. The molecule has 0 radical (unpaired) electrons. The van der Waals surface area contributed by atoms with Gasteiger partial charge in [0.05, 0.1) is 25.2 Å². The lowest BCUT2D eigenvalue weighted by atomic mass is 9.57. The molecule has 2 fully saturated rings. The van der Waals surface area contributed by atoms with Gasteiger partial charge in [0.15, 0.2) is 5.96 Å². The van der Waals surface area contributed by atoms with Crippen molar-refractivity contribution in [3.8, 4) is 0 Å². The monoisotopic (exact) mass is 419 g/mol. The van der Waals surface area contributed by atoms with Crippen LogP contribution in [0.5, 0.6) is 0 Å². The third-order valence-corrected chi connectivity index (χ3v) is 4.74. The van der Waals surface area contributed by atoms with Crippen molar-refractivity contribution in [3.05, 3.63) is 24.2 Å². The maximum atomic E-state index is 5.85. The van der Waals surface area contributed by atoms with Crippen molar-refractivity contribution in [1.29, 1.82) is 0 Å². The Morgan fingerprint density at radius 2 is 2.27 bits per heavy atom. The van der Waals surface area contributed by atoms with Gasteiger partial charge >= 0.3 is 0 Å². The number of halogens is 1. The predicted molar refractivity (Wildman–Crippen MR) is 97.5 cm³/mol. The SMILES string of the molecule is CCNC(=NCc1ccoc1)NC1C2CCOC2C1(C)C.I. The molecule has 22 heavy (non-hydrogen) atoms. The predicted octanol–water partition coefficient (Wildman–Crippen LogP) is 2.77. The third kappa shape index (κ3) is 3.27. The molecule has 1 saturated carbocycles. The average Bonchev–Trinajstić information content (AvgIpc) is 3.11. The van der Waals surface area contributed by atoms with Crippen molar-refractivity contribution in [2.75, 3.05) is 13.2 Å². The molecule has 2 aliphatic rings. The van der Waals surface area contributed by atoms with Crippen LogP contribution >= 0.6 is 24.0 Å². The molecule has 1 aromatic rings. The van der Waals surface area contributed by atoms with Gasteiger partial charge in [0.2, 0.25) is 0 Å². The highest BCUT2D eigenvalue weighted by Crippen LogP contribution is 2.52. The molecule has 6 heteroatoms. The Morgan fingerprint density at radius 3 is 2.95 bits per heavy atom. The van der Waals surface area contributed by atoms with Crippen LogP contribution in [0.3, 0.4) is 0 Å². The van der Waals surface area contributed by atoms with Crippen molar-refractivity contribution >= 4 is 29.9 Å². The summed E-state index contributed by atoms with van der Waals surface area (Å²) in [6.45, 7) is 9.01. The third-order valence-electron chi connectivity index (χ3n) is 4.74. The highest BCUT2D eigenvalue weighted by Gasteiger charge is 2.59. The standard InChI is InChI=1S/C16H25N3O2.HI/c1-4-17-15(18-9-11-5-7-20-10-11)19-13-12-6-8-21-14(12)16(13,2)3;/h5,7,10,12-14H,4,6,8-9H2,1-3H3,(H2,17,18,19);1H. The Balaban J connectivity index is 0.00000176. The van der Waals surface area contributed by atoms with Crippen LogP contribution in [0, 0.1) is 11.3 Å². The number of furan rings is 1. The first-order valence-electron chi connectivity index (χ1n) is 7.80. The number of hydrogen-bond acceptors (Lipinski definition) is 3. The zero-order valence-corrected chi connectivity index (χ0v) is 15.8. The second kappa shape index (κ2) is 7.21. The van der Waals surface area contributed by atoms with Gasteiger partial charge in [-0.25, -0.2) is 4.99 Å². The van der Waals surface area contributed by atoms with E-state index in [0.29, 0.717) is 24.6 Å². The summed E-state index contributed by atoms with van der Waals surface area (Å²) < 4.78 is 10.9. The lowest BCUT2D eigenvalue weighted by Gasteiger charge is -2.54. The number of nitrogens with zero attached hydrogens (tertiary/aromatic N) is 1. The van der Waals surface area contributed by atoms with Gasteiger partial charge in [-0.1, -0.05) is 13.8 Å². The number of rotatable bonds is 4. The molecule has 3 rings (SSSR count). The zero-order valence-electron chi connectivity index (χ0n) is 13.5. The summed E-state index contributed by atoms with van der Waals surface area (Å²) in [4.78, 5) is 4.65. The molecule has 1 aromatic heterocycles.